The fourth-order valence-electron chi connectivity index (χ4n) is 3.81. The van der Waals surface area contributed by atoms with Gasteiger partial charge in [-0.3, -0.25) is 9.59 Å². The van der Waals surface area contributed by atoms with Crippen molar-refractivity contribution in [1.29, 1.82) is 0 Å². The summed E-state index contributed by atoms with van der Waals surface area (Å²) in [5.74, 6) is -3.14. The first kappa shape index (κ1) is 21.2. The van der Waals surface area contributed by atoms with Gasteiger partial charge in [0.1, 0.15) is 5.82 Å². The number of benzene rings is 1. The largest absolute Gasteiger partial charge is 0.343 e. The van der Waals surface area contributed by atoms with E-state index in [1.807, 2.05) is 0 Å². The maximum Gasteiger partial charge on any atom is 0.224 e. The fourth-order valence-corrected chi connectivity index (χ4v) is 3.81. The van der Waals surface area contributed by atoms with Crippen LogP contribution in [0, 0.1) is 23.4 Å². The van der Waals surface area contributed by atoms with Crippen molar-refractivity contribution in [3.63, 3.8) is 0 Å². The molecule has 3 rings (SSSR count). The highest BCUT2D eigenvalue weighted by Crippen LogP contribution is 2.31. The number of nitrogens with zero attached hydrogens (tertiary/aromatic N) is 2. The second-order valence-electron chi connectivity index (χ2n) is 6.79. The third-order valence-electron chi connectivity index (χ3n) is 5.05. The van der Waals surface area contributed by atoms with Crippen LogP contribution in [0.1, 0.15) is 18.4 Å². The number of likely N-dealkylation sites (tertiary alicyclic amines) is 2. The van der Waals surface area contributed by atoms with Gasteiger partial charge in [0, 0.05) is 44.1 Å². The van der Waals surface area contributed by atoms with Crippen LogP contribution in [0.3, 0.4) is 0 Å². The van der Waals surface area contributed by atoms with Crippen LogP contribution in [-0.2, 0) is 16.0 Å². The zero-order valence-corrected chi connectivity index (χ0v) is 15.2. The molecule has 9 heteroatoms. The van der Waals surface area contributed by atoms with Crippen LogP contribution in [0.25, 0.3) is 0 Å². The van der Waals surface area contributed by atoms with Crippen LogP contribution in [0.2, 0.25) is 0 Å². The van der Waals surface area contributed by atoms with E-state index in [2.05, 4.69) is 5.73 Å². The number of halogens is 3. The van der Waals surface area contributed by atoms with Crippen molar-refractivity contribution < 1.29 is 22.8 Å². The maximum absolute atomic E-state index is 13.7. The quantitative estimate of drug-likeness (QED) is 0.573. The second kappa shape index (κ2) is 9.18. The number of fused-ring (bicyclic) bond motifs is 1. The Morgan fingerprint density at radius 1 is 1.22 bits per heavy atom. The molecule has 1 aromatic carbocycles. The summed E-state index contributed by atoms with van der Waals surface area (Å²) in [4.78, 5) is 26.8. The Labute approximate surface area is 156 Å². The van der Waals surface area contributed by atoms with Crippen LogP contribution >= 0.6 is 0 Å². The Bertz CT molecular complexity index is 689. The molecular weight excluding hydrogens is 361 g/mol. The van der Waals surface area contributed by atoms with Crippen LogP contribution in [0.5, 0.6) is 0 Å². The van der Waals surface area contributed by atoms with Crippen molar-refractivity contribution >= 4 is 12.3 Å². The highest BCUT2D eigenvalue weighted by Gasteiger charge is 2.42. The topological polar surface area (TPSA) is 92.7 Å². The lowest BCUT2D eigenvalue weighted by Crippen LogP contribution is -2.42. The van der Waals surface area contributed by atoms with Gasteiger partial charge in [-0.2, -0.15) is 0 Å². The summed E-state index contributed by atoms with van der Waals surface area (Å²) in [6.07, 6.45) is 1.56. The SMILES string of the molecule is CN.NC(CC(=O)N1CC[C@H]2CN(C=O)C[C@H]21)Cc1cc(F)c(F)cc1F. The summed E-state index contributed by atoms with van der Waals surface area (Å²) in [5, 5.41) is 0. The van der Waals surface area contributed by atoms with Gasteiger partial charge >= 0.3 is 0 Å². The van der Waals surface area contributed by atoms with E-state index in [1.54, 1.807) is 9.80 Å². The van der Waals surface area contributed by atoms with Gasteiger partial charge in [0.2, 0.25) is 12.3 Å². The summed E-state index contributed by atoms with van der Waals surface area (Å²) in [7, 11) is 1.50. The summed E-state index contributed by atoms with van der Waals surface area (Å²) in [6.45, 7) is 1.80. The van der Waals surface area contributed by atoms with Crippen molar-refractivity contribution in [2.24, 2.45) is 17.4 Å². The summed E-state index contributed by atoms with van der Waals surface area (Å²) in [6, 6.07) is 0.566. The predicted octanol–water partition coefficient (Wildman–Crippen LogP) is 0.628. The van der Waals surface area contributed by atoms with E-state index in [9.17, 15) is 22.8 Å². The molecule has 0 saturated carbocycles. The molecule has 1 aromatic rings. The molecule has 0 radical (unpaired) electrons. The lowest BCUT2D eigenvalue weighted by Gasteiger charge is -2.25. The number of hydrogen-bond acceptors (Lipinski definition) is 4. The standard InChI is InChI=1S/C17H20F3N3O2.CH5N/c18-13-6-15(20)14(19)4-11(13)3-12(21)5-17(25)23-2-1-10-7-22(9-24)8-16(10)23;1-2/h4,6,9-10,12,16H,1-3,5,7-8,21H2;2H2,1H3/t10-,12?,16+;/m0./s1. The molecule has 2 aliphatic heterocycles. The Balaban J connectivity index is 0.00000126. The number of carbonyl (C=O) groups is 2. The first-order valence-corrected chi connectivity index (χ1v) is 8.84. The second-order valence-corrected chi connectivity index (χ2v) is 6.79. The molecule has 2 heterocycles. The molecule has 1 unspecified atom stereocenters. The Morgan fingerprint density at radius 3 is 2.56 bits per heavy atom. The minimum absolute atomic E-state index is 0.00454. The summed E-state index contributed by atoms with van der Waals surface area (Å²) >= 11 is 0. The number of rotatable bonds is 5. The van der Waals surface area contributed by atoms with Gasteiger partial charge in [-0.25, -0.2) is 13.2 Å². The lowest BCUT2D eigenvalue weighted by molar-refractivity contribution is -0.132. The van der Waals surface area contributed by atoms with Crippen molar-refractivity contribution in [2.75, 3.05) is 26.7 Å². The molecule has 0 bridgehead atoms. The van der Waals surface area contributed by atoms with Gasteiger partial charge in [-0.15, -0.1) is 0 Å². The zero-order valence-electron chi connectivity index (χ0n) is 15.2. The highest BCUT2D eigenvalue weighted by atomic mass is 19.2. The molecular formula is C18H25F3N4O2. The molecule has 0 aliphatic carbocycles. The molecule has 2 fully saturated rings. The number of amides is 2. The Morgan fingerprint density at radius 2 is 1.89 bits per heavy atom. The molecule has 2 aliphatic rings. The number of carbonyl (C=O) groups excluding carboxylic acids is 2. The van der Waals surface area contributed by atoms with Crippen LogP contribution in [0.15, 0.2) is 12.1 Å². The predicted molar refractivity (Wildman–Crippen MR) is 94.0 cm³/mol. The van der Waals surface area contributed by atoms with Crippen LogP contribution < -0.4 is 11.5 Å². The maximum atomic E-state index is 13.7. The third-order valence-corrected chi connectivity index (χ3v) is 5.05. The van der Waals surface area contributed by atoms with Crippen molar-refractivity contribution in [1.82, 2.24) is 9.80 Å². The lowest BCUT2D eigenvalue weighted by atomic mass is 10.0. The van der Waals surface area contributed by atoms with Gasteiger partial charge in [0.25, 0.3) is 0 Å². The van der Waals surface area contributed by atoms with E-state index in [1.165, 1.54) is 7.05 Å². The average molecular weight is 386 g/mol. The van der Waals surface area contributed by atoms with Crippen molar-refractivity contribution in [2.45, 2.75) is 31.3 Å². The smallest absolute Gasteiger partial charge is 0.224 e. The minimum atomic E-state index is -1.25. The normalized spacial score (nSPS) is 22.1. The third kappa shape index (κ3) is 4.78. The zero-order chi connectivity index (χ0) is 20.1. The minimum Gasteiger partial charge on any atom is -0.343 e. The Hall–Kier alpha value is -2.13. The molecule has 2 amide bonds. The molecule has 27 heavy (non-hydrogen) atoms. The summed E-state index contributed by atoms with van der Waals surface area (Å²) < 4.78 is 39.9. The molecule has 3 atom stereocenters. The van der Waals surface area contributed by atoms with Crippen molar-refractivity contribution in [3.05, 3.63) is 35.1 Å². The van der Waals surface area contributed by atoms with Gasteiger partial charge in [-0.1, -0.05) is 0 Å². The van der Waals surface area contributed by atoms with E-state index in [0.29, 0.717) is 25.7 Å². The van der Waals surface area contributed by atoms with E-state index in [-0.39, 0.29) is 36.3 Å². The van der Waals surface area contributed by atoms with Crippen LogP contribution in [-0.4, -0.2) is 60.9 Å². The van der Waals surface area contributed by atoms with E-state index >= 15 is 0 Å². The molecule has 2 saturated heterocycles. The van der Waals surface area contributed by atoms with E-state index < -0.39 is 23.5 Å². The molecule has 6 nitrogen and oxygen atoms in total. The molecule has 0 spiro atoms. The molecule has 4 N–H and O–H groups in total. The number of hydrogen-bond donors (Lipinski definition) is 2. The monoisotopic (exact) mass is 386 g/mol. The van der Waals surface area contributed by atoms with Gasteiger partial charge in [0.05, 0.1) is 6.04 Å². The first-order chi connectivity index (χ1) is 12.9. The van der Waals surface area contributed by atoms with E-state index in [4.69, 9.17) is 5.73 Å². The molecule has 0 aromatic heterocycles. The Kier molecular flexibility index (Phi) is 7.20. The van der Waals surface area contributed by atoms with Gasteiger partial charge in [0.15, 0.2) is 11.6 Å². The highest BCUT2D eigenvalue weighted by molar-refractivity contribution is 5.77. The van der Waals surface area contributed by atoms with Crippen LogP contribution in [0.4, 0.5) is 13.2 Å². The van der Waals surface area contributed by atoms with Gasteiger partial charge in [-0.05, 0) is 31.5 Å². The average Bonchev–Trinajstić information content (AvgIpc) is 3.21. The summed E-state index contributed by atoms with van der Waals surface area (Å²) in [5.41, 5.74) is 10.4. The first-order valence-electron chi connectivity index (χ1n) is 8.84. The van der Waals surface area contributed by atoms with Gasteiger partial charge < -0.3 is 21.3 Å². The number of nitrogens with two attached hydrogens (primary N) is 2. The van der Waals surface area contributed by atoms with E-state index in [0.717, 1.165) is 18.9 Å². The van der Waals surface area contributed by atoms with Crippen molar-refractivity contribution in [3.8, 4) is 0 Å². The fraction of sp³-hybridized carbons (Fsp3) is 0.556. The molecule has 150 valence electrons.